The van der Waals surface area contributed by atoms with Gasteiger partial charge in [-0.3, -0.25) is 0 Å². The van der Waals surface area contributed by atoms with Crippen molar-refractivity contribution in [3.63, 3.8) is 0 Å². The Balaban J connectivity index is -0.00000000500. The Morgan fingerprint density at radius 3 is 1.25 bits per heavy atom. The molecule has 0 N–H and O–H groups in total. The van der Waals surface area contributed by atoms with Gasteiger partial charge in [0.25, 0.3) is 0 Å². The summed E-state index contributed by atoms with van der Waals surface area (Å²) in [7, 11) is 0. The third-order valence-electron chi connectivity index (χ3n) is 0. The van der Waals surface area contributed by atoms with Crippen LogP contribution >= 0.6 is 0 Å². The van der Waals surface area contributed by atoms with Crippen LogP contribution in [0.2, 0.25) is 0 Å². The predicted octanol–water partition coefficient (Wildman–Crippen LogP) is -1.69. The van der Waals surface area contributed by atoms with E-state index in [4.69, 9.17) is 3.80 Å². The second-order valence-electron chi connectivity index (χ2n) is 0. The standard InChI is InChI=1S/Al.Ba.Mn.O.3H. The van der Waals surface area contributed by atoms with Gasteiger partial charge < -0.3 is 0 Å². The Labute approximate surface area is 84.1 Å². The van der Waals surface area contributed by atoms with Gasteiger partial charge in [-0.15, -0.1) is 0 Å². The van der Waals surface area contributed by atoms with Gasteiger partial charge in [0, 0.05) is 17.1 Å². The Morgan fingerprint density at radius 2 is 1.25 bits per heavy atom. The zero-order valence-electron chi connectivity index (χ0n) is 1.49. The molecule has 0 aromatic heterocycles. The van der Waals surface area contributed by atoms with Crippen molar-refractivity contribution in [1.82, 2.24) is 0 Å². The molecule has 0 atom stereocenters. The van der Waals surface area contributed by atoms with Gasteiger partial charge in [0.1, 0.15) is 0 Å². The van der Waals surface area contributed by atoms with Crippen molar-refractivity contribution in [3.05, 3.63) is 0 Å². The summed E-state index contributed by atoms with van der Waals surface area (Å²) < 4.78 is 8.28. The van der Waals surface area contributed by atoms with Gasteiger partial charge in [-0.05, 0) is 0 Å². The molecule has 0 bridgehead atoms. The molecule has 1 nitrogen and oxygen atoms in total. The summed E-state index contributed by atoms with van der Waals surface area (Å²) in [6.45, 7) is 0. The number of hydrogen-bond acceptors (Lipinski definition) is 1. The van der Waals surface area contributed by atoms with Crippen LogP contribution in [0.15, 0.2) is 0 Å². The summed E-state index contributed by atoms with van der Waals surface area (Å²) in [5, 5.41) is 0. The van der Waals surface area contributed by atoms with Crippen molar-refractivity contribution in [2.24, 2.45) is 0 Å². The molecule has 0 aliphatic rings. The van der Waals surface area contributed by atoms with Crippen LogP contribution in [-0.4, -0.2) is 65.1 Å². The minimum absolute atomic E-state index is 0. The van der Waals surface area contributed by atoms with Crippen LogP contribution in [0.1, 0.15) is 0 Å². The molecule has 0 aliphatic carbocycles. The fourth-order valence-electron chi connectivity index (χ4n) is 0. The molecule has 0 spiro atoms. The summed E-state index contributed by atoms with van der Waals surface area (Å²) in [6, 6.07) is 0. The average Bonchev–Trinajstić information content (AvgIpc) is 1.00. The molecule has 21 valence electrons. The van der Waals surface area contributed by atoms with E-state index in [1.54, 1.807) is 0 Å². The molecule has 0 fully saturated rings. The van der Waals surface area contributed by atoms with Crippen LogP contribution < -0.4 is 0 Å². The maximum absolute atomic E-state index is 8.28. The van der Waals surface area contributed by atoms with Gasteiger partial charge in [-0.25, -0.2) is 0 Å². The van der Waals surface area contributed by atoms with Crippen LogP contribution in [0.5, 0.6) is 0 Å². The Morgan fingerprint density at radius 1 is 1.25 bits per heavy atom. The third kappa shape index (κ3) is 8.83. The van der Waals surface area contributed by atoms with Gasteiger partial charge in [0.15, 0.2) is 0 Å². The van der Waals surface area contributed by atoms with Crippen molar-refractivity contribution in [1.29, 1.82) is 0 Å². The fraction of sp³-hybridized carbons (Fsp3) is 0. The van der Waals surface area contributed by atoms with Crippen LogP contribution in [0, 0.1) is 0 Å². The van der Waals surface area contributed by atoms with E-state index >= 15 is 0 Å². The van der Waals surface area contributed by atoms with Crippen LogP contribution in [0.3, 0.4) is 0 Å². The first-order valence-electron chi connectivity index (χ1n) is 0.289. The summed E-state index contributed by atoms with van der Waals surface area (Å²) in [4.78, 5) is 0. The predicted molar refractivity (Wildman–Crippen MR) is 16.4 cm³/mol. The van der Waals surface area contributed by atoms with Crippen molar-refractivity contribution in [2.75, 3.05) is 0 Å². The number of rotatable bonds is 0. The molecule has 0 saturated carbocycles. The van der Waals surface area contributed by atoms with Gasteiger partial charge >= 0.3 is 68.9 Å². The molecule has 0 saturated heterocycles. The van der Waals surface area contributed by atoms with Gasteiger partial charge in [-0.2, -0.15) is 0 Å². The molecule has 4 heteroatoms. The molecular weight excluding hydrogens is 235 g/mol. The minimum atomic E-state index is 0. The Hall–Kier alpha value is 2.42. The van der Waals surface area contributed by atoms with Gasteiger partial charge in [0.05, 0.1) is 0 Å². The van der Waals surface area contributed by atoms with E-state index in [-0.39, 0.29) is 65.9 Å². The summed E-state index contributed by atoms with van der Waals surface area (Å²) in [6.07, 6.45) is 0. The summed E-state index contributed by atoms with van der Waals surface area (Å²) in [5.74, 6) is 0. The van der Waals surface area contributed by atoms with Crippen molar-refractivity contribution < 1.29 is 20.9 Å². The quantitative estimate of drug-likeness (QED) is 0.460. The first-order valence-corrected chi connectivity index (χ1v) is 0.866. The fourth-order valence-corrected chi connectivity index (χ4v) is 0. The molecule has 0 unspecified atom stereocenters. The van der Waals surface area contributed by atoms with Crippen LogP contribution in [0.4, 0.5) is 0 Å². The molecule has 4 heavy (non-hydrogen) atoms. The van der Waals surface area contributed by atoms with E-state index in [2.05, 4.69) is 0 Å². The van der Waals surface area contributed by atoms with Crippen LogP contribution in [-0.2, 0) is 20.9 Å². The molecule has 0 aliphatic heterocycles. The zero-order valence-corrected chi connectivity index (χ0v) is 4.09. The van der Waals surface area contributed by atoms with E-state index in [0.29, 0.717) is 16.2 Å². The third-order valence-corrected chi connectivity index (χ3v) is 0. The molecule has 0 amide bonds. The number of hydrogen-bond donors (Lipinski definition) is 0. The summed E-state index contributed by atoms with van der Waals surface area (Å²) >= 11 is 0.611. The molecule has 0 heterocycles. The first kappa shape index (κ1) is 16.1. The molecule has 0 aromatic carbocycles. The van der Waals surface area contributed by atoms with E-state index in [1.807, 2.05) is 0 Å². The van der Waals surface area contributed by atoms with E-state index < -0.39 is 0 Å². The zero-order chi connectivity index (χ0) is 2.00. The molecule has 1 radical (unpaired) electrons. The molecular formula is H3AlBaMnO. The second kappa shape index (κ2) is 18.1. The van der Waals surface area contributed by atoms with E-state index in [9.17, 15) is 0 Å². The average molecular weight is 238 g/mol. The van der Waals surface area contributed by atoms with E-state index in [1.165, 1.54) is 0 Å². The SMILES string of the molecule is [BaH2].[Mn].[O]=[AlH]. The maximum atomic E-state index is 8.28. The van der Waals surface area contributed by atoms with Gasteiger partial charge in [-0.1, -0.05) is 0 Å². The first-order chi connectivity index (χ1) is 1.00. The molecule has 0 aromatic rings. The summed E-state index contributed by atoms with van der Waals surface area (Å²) in [5.41, 5.74) is 0. The Bertz CT molecular complexity index is 8.00. The topological polar surface area (TPSA) is 17.1 Å². The normalized spacial score (nSPS) is 0.750. The Kier molecular flexibility index (Phi) is 72.8. The van der Waals surface area contributed by atoms with Crippen molar-refractivity contribution in [3.8, 4) is 0 Å². The second-order valence-corrected chi connectivity index (χ2v) is 0. The van der Waals surface area contributed by atoms with Gasteiger partial charge in [0.2, 0.25) is 0 Å². The van der Waals surface area contributed by atoms with E-state index in [0.717, 1.165) is 0 Å². The van der Waals surface area contributed by atoms with Crippen molar-refractivity contribution in [2.45, 2.75) is 0 Å². The molecule has 0 rings (SSSR count). The van der Waals surface area contributed by atoms with Crippen molar-refractivity contribution >= 4 is 65.1 Å². The monoisotopic (exact) mass is 239 g/mol. The van der Waals surface area contributed by atoms with Crippen LogP contribution in [0.25, 0.3) is 0 Å².